The predicted molar refractivity (Wildman–Crippen MR) is 66.4 cm³/mol. The third-order valence-electron chi connectivity index (χ3n) is 4.84. The summed E-state index contributed by atoms with van der Waals surface area (Å²) < 4.78 is 0. The van der Waals surface area contributed by atoms with Gasteiger partial charge >= 0.3 is 0 Å². The lowest BCUT2D eigenvalue weighted by Crippen LogP contribution is -2.50. The Kier molecular flexibility index (Phi) is 3.09. The van der Waals surface area contributed by atoms with E-state index in [0.717, 1.165) is 45.6 Å². The molecule has 0 aromatic carbocycles. The van der Waals surface area contributed by atoms with Crippen LogP contribution in [0.3, 0.4) is 0 Å². The highest BCUT2D eigenvalue weighted by molar-refractivity contribution is 5.78. The maximum atomic E-state index is 11.5. The van der Waals surface area contributed by atoms with Gasteiger partial charge in [-0.1, -0.05) is 0 Å². The Labute approximate surface area is 103 Å². The summed E-state index contributed by atoms with van der Waals surface area (Å²) in [6.45, 7) is 5.25. The van der Waals surface area contributed by atoms with Gasteiger partial charge in [0.15, 0.2) is 0 Å². The molecule has 0 radical (unpaired) electrons. The Balaban J connectivity index is 1.49. The van der Waals surface area contributed by atoms with E-state index in [2.05, 4.69) is 4.90 Å². The zero-order valence-corrected chi connectivity index (χ0v) is 10.5. The molecule has 2 saturated heterocycles. The van der Waals surface area contributed by atoms with Crippen molar-refractivity contribution in [1.82, 2.24) is 9.80 Å². The Hall–Kier alpha value is -0.610. The molecule has 3 atom stereocenters. The van der Waals surface area contributed by atoms with Gasteiger partial charge < -0.3 is 15.5 Å². The maximum absolute atomic E-state index is 11.5. The van der Waals surface area contributed by atoms with Crippen molar-refractivity contribution in [3.05, 3.63) is 0 Å². The number of hydrogen-bond donors (Lipinski definition) is 1. The molecule has 3 aliphatic rings. The molecular weight excluding hydrogens is 214 g/mol. The molecule has 1 amide bonds. The molecule has 1 aliphatic carbocycles. The summed E-state index contributed by atoms with van der Waals surface area (Å²) in [5.74, 6) is 1.77. The molecule has 1 unspecified atom stereocenters. The summed E-state index contributed by atoms with van der Waals surface area (Å²) in [7, 11) is 0. The first kappa shape index (κ1) is 11.5. The minimum Gasteiger partial charge on any atom is -0.341 e. The number of carbonyl (C=O) groups excluding carboxylic acids is 1. The van der Waals surface area contributed by atoms with Gasteiger partial charge in [0.25, 0.3) is 0 Å². The molecule has 0 aromatic rings. The van der Waals surface area contributed by atoms with E-state index in [9.17, 15) is 4.79 Å². The first-order valence-corrected chi connectivity index (χ1v) is 7.00. The highest BCUT2D eigenvalue weighted by atomic mass is 16.2. The van der Waals surface area contributed by atoms with Gasteiger partial charge in [0, 0.05) is 45.2 Å². The van der Waals surface area contributed by atoms with Gasteiger partial charge in [-0.2, -0.15) is 0 Å². The fourth-order valence-electron chi connectivity index (χ4n) is 3.75. The second kappa shape index (κ2) is 4.58. The third-order valence-corrected chi connectivity index (χ3v) is 4.84. The molecule has 2 bridgehead atoms. The van der Waals surface area contributed by atoms with Gasteiger partial charge in [-0.05, 0) is 31.1 Å². The number of fused-ring (bicyclic) bond motifs is 2. The Morgan fingerprint density at radius 3 is 2.47 bits per heavy atom. The number of rotatable bonds is 3. The van der Waals surface area contributed by atoms with Crippen LogP contribution < -0.4 is 5.73 Å². The molecule has 17 heavy (non-hydrogen) atoms. The average molecular weight is 237 g/mol. The van der Waals surface area contributed by atoms with Crippen molar-refractivity contribution in [2.45, 2.75) is 31.7 Å². The molecule has 4 nitrogen and oxygen atoms in total. The summed E-state index contributed by atoms with van der Waals surface area (Å²) in [6.07, 6.45) is 4.43. The molecule has 3 fully saturated rings. The molecule has 2 heterocycles. The molecule has 3 rings (SSSR count). The van der Waals surface area contributed by atoms with Crippen LogP contribution in [0.2, 0.25) is 0 Å². The van der Waals surface area contributed by atoms with Gasteiger partial charge in [0.2, 0.25) is 5.91 Å². The van der Waals surface area contributed by atoms with E-state index in [0.29, 0.717) is 23.8 Å². The quantitative estimate of drug-likeness (QED) is 0.767. The van der Waals surface area contributed by atoms with E-state index in [1.165, 1.54) is 12.8 Å². The van der Waals surface area contributed by atoms with Crippen LogP contribution in [-0.4, -0.2) is 54.5 Å². The van der Waals surface area contributed by atoms with Crippen molar-refractivity contribution >= 4 is 5.91 Å². The Morgan fingerprint density at radius 2 is 1.88 bits per heavy atom. The number of amides is 1. The summed E-state index contributed by atoms with van der Waals surface area (Å²) in [5.41, 5.74) is 6.20. The number of hydrogen-bond acceptors (Lipinski definition) is 3. The second-order valence-corrected chi connectivity index (χ2v) is 5.92. The van der Waals surface area contributed by atoms with Crippen LogP contribution in [0.1, 0.15) is 25.7 Å². The first-order chi connectivity index (χ1) is 8.24. The highest BCUT2D eigenvalue weighted by Crippen LogP contribution is 2.35. The topological polar surface area (TPSA) is 49.6 Å². The van der Waals surface area contributed by atoms with E-state index in [1.54, 1.807) is 0 Å². The molecule has 0 spiro atoms. The SMILES string of the molecule is NC1[C@@H]2CC[C@H]1CN(CCN1CCCC1=O)C2. The highest BCUT2D eigenvalue weighted by Gasteiger charge is 2.39. The molecule has 1 saturated carbocycles. The molecule has 2 N–H and O–H groups in total. The standard InChI is InChI=1S/C13H23N3O/c14-13-10-3-4-11(13)9-15(8-10)6-7-16-5-1-2-12(16)17/h10-11,13H,1-9,14H2/t10-,11+,13?. The first-order valence-electron chi connectivity index (χ1n) is 7.00. The monoisotopic (exact) mass is 237 g/mol. The van der Waals surface area contributed by atoms with Crippen molar-refractivity contribution in [2.24, 2.45) is 17.6 Å². The molecule has 2 aliphatic heterocycles. The summed E-state index contributed by atoms with van der Waals surface area (Å²) in [6, 6.07) is 0.444. The third kappa shape index (κ3) is 2.20. The Bertz CT molecular complexity index is 293. The maximum Gasteiger partial charge on any atom is 0.222 e. The largest absolute Gasteiger partial charge is 0.341 e. The van der Waals surface area contributed by atoms with Gasteiger partial charge in [0.1, 0.15) is 0 Å². The number of carbonyl (C=O) groups is 1. The number of nitrogens with zero attached hydrogens (tertiary/aromatic N) is 2. The lowest BCUT2D eigenvalue weighted by molar-refractivity contribution is -0.127. The molecule has 0 aromatic heterocycles. The zero-order chi connectivity index (χ0) is 11.8. The van der Waals surface area contributed by atoms with Crippen LogP contribution in [0.4, 0.5) is 0 Å². The van der Waals surface area contributed by atoms with Crippen molar-refractivity contribution in [3.8, 4) is 0 Å². The van der Waals surface area contributed by atoms with Gasteiger partial charge in [-0.3, -0.25) is 4.79 Å². The van der Waals surface area contributed by atoms with E-state index >= 15 is 0 Å². The van der Waals surface area contributed by atoms with Gasteiger partial charge in [-0.15, -0.1) is 0 Å². The molecule has 4 heteroatoms. The number of piperidine rings is 1. The normalized spacial score (nSPS) is 38.1. The van der Waals surface area contributed by atoms with Crippen LogP contribution in [0, 0.1) is 11.8 Å². The predicted octanol–water partition coefficient (Wildman–Crippen LogP) is 0.278. The zero-order valence-electron chi connectivity index (χ0n) is 10.5. The summed E-state index contributed by atoms with van der Waals surface area (Å²) >= 11 is 0. The van der Waals surface area contributed by atoms with E-state index in [-0.39, 0.29) is 0 Å². The molecular formula is C13H23N3O. The Morgan fingerprint density at radius 1 is 1.18 bits per heavy atom. The van der Waals surface area contributed by atoms with Crippen LogP contribution in [-0.2, 0) is 4.79 Å². The van der Waals surface area contributed by atoms with Gasteiger partial charge in [-0.25, -0.2) is 0 Å². The van der Waals surface area contributed by atoms with Crippen molar-refractivity contribution in [1.29, 1.82) is 0 Å². The van der Waals surface area contributed by atoms with Crippen molar-refractivity contribution < 1.29 is 4.79 Å². The second-order valence-electron chi connectivity index (χ2n) is 5.92. The van der Waals surface area contributed by atoms with Crippen LogP contribution in [0.25, 0.3) is 0 Å². The minimum absolute atomic E-state index is 0.349. The van der Waals surface area contributed by atoms with Gasteiger partial charge in [0.05, 0.1) is 0 Å². The minimum atomic E-state index is 0.349. The summed E-state index contributed by atoms with van der Waals surface area (Å²) in [5, 5.41) is 0. The number of likely N-dealkylation sites (tertiary alicyclic amines) is 2. The van der Waals surface area contributed by atoms with E-state index in [1.807, 2.05) is 4.90 Å². The van der Waals surface area contributed by atoms with Crippen molar-refractivity contribution in [2.75, 3.05) is 32.7 Å². The van der Waals surface area contributed by atoms with E-state index in [4.69, 9.17) is 5.73 Å². The van der Waals surface area contributed by atoms with Crippen molar-refractivity contribution in [3.63, 3.8) is 0 Å². The van der Waals surface area contributed by atoms with Crippen LogP contribution in [0.15, 0.2) is 0 Å². The van der Waals surface area contributed by atoms with E-state index < -0.39 is 0 Å². The van der Waals surface area contributed by atoms with Crippen LogP contribution >= 0.6 is 0 Å². The summed E-state index contributed by atoms with van der Waals surface area (Å²) in [4.78, 5) is 16.1. The smallest absolute Gasteiger partial charge is 0.222 e. The average Bonchev–Trinajstić information content (AvgIpc) is 2.78. The lowest BCUT2D eigenvalue weighted by Gasteiger charge is -2.36. The fourth-order valence-corrected chi connectivity index (χ4v) is 3.75. The lowest BCUT2D eigenvalue weighted by atomic mass is 9.93. The number of nitrogens with two attached hydrogens (primary N) is 1. The van der Waals surface area contributed by atoms with Crippen LogP contribution in [0.5, 0.6) is 0 Å². The fraction of sp³-hybridized carbons (Fsp3) is 0.923. The molecule has 96 valence electrons.